The van der Waals surface area contributed by atoms with Crippen LogP contribution < -0.4 is 4.90 Å². The number of alkyl halides is 3. The Kier molecular flexibility index (Phi) is 7.98. The molecule has 190 valence electrons. The van der Waals surface area contributed by atoms with Crippen molar-refractivity contribution in [2.45, 2.75) is 19.0 Å². The number of rotatable bonds is 3. The van der Waals surface area contributed by atoms with Crippen LogP contribution >= 0.6 is 11.3 Å². The Hall–Kier alpha value is -3.22. The average molecular weight is 514 g/mol. The van der Waals surface area contributed by atoms with Crippen molar-refractivity contribution in [2.75, 3.05) is 45.2 Å². The molecule has 0 radical (unpaired) electrons. The molecular weight excluding hydrogens is 487 g/mol. The Morgan fingerprint density at radius 1 is 1.17 bits per heavy atom. The van der Waals surface area contributed by atoms with Crippen LogP contribution in [0.2, 0.25) is 0 Å². The molecule has 2 aliphatic rings. The molecule has 4 heterocycles. The molecule has 2 aromatic rings. The summed E-state index contributed by atoms with van der Waals surface area (Å²) in [6.07, 6.45) is -0.0455. The zero-order valence-corrected chi connectivity index (χ0v) is 20.1. The van der Waals surface area contributed by atoms with Crippen LogP contribution in [0.3, 0.4) is 0 Å². The van der Waals surface area contributed by atoms with Gasteiger partial charge in [0.1, 0.15) is 0 Å². The van der Waals surface area contributed by atoms with Crippen molar-refractivity contribution < 1.29 is 32.7 Å². The number of hydrogen-bond donors (Lipinski definition) is 1. The van der Waals surface area contributed by atoms with Crippen molar-refractivity contribution in [3.63, 3.8) is 0 Å². The number of carboxylic acid groups (broad SMARTS) is 1. The van der Waals surface area contributed by atoms with Crippen LogP contribution in [0.25, 0.3) is 0 Å². The van der Waals surface area contributed by atoms with E-state index in [-0.39, 0.29) is 17.7 Å². The van der Waals surface area contributed by atoms with Crippen LogP contribution in [-0.2, 0) is 9.59 Å². The number of anilines is 1. The molecule has 0 spiro atoms. The predicted octanol–water partition coefficient (Wildman–Crippen LogP) is 2.62. The number of hydrogen-bond acceptors (Lipinski definition) is 7. The highest BCUT2D eigenvalue weighted by atomic mass is 32.1. The van der Waals surface area contributed by atoms with Crippen LogP contribution in [0.15, 0.2) is 36.0 Å². The zero-order chi connectivity index (χ0) is 25.8. The number of carbonyl (C=O) groups excluding carboxylic acids is 2. The average Bonchev–Trinajstić information content (AvgIpc) is 3.44. The molecule has 2 fully saturated rings. The highest BCUT2D eigenvalue weighted by molar-refractivity contribution is 7.12. The van der Waals surface area contributed by atoms with E-state index in [0.29, 0.717) is 32.1 Å². The Morgan fingerprint density at radius 3 is 2.37 bits per heavy atom. The summed E-state index contributed by atoms with van der Waals surface area (Å²) in [7, 11) is 3.63. The first-order valence-corrected chi connectivity index (χ1v) is 11.7. The van der Waals surface area contributed by atoms with E-state index in [9.17, 15) is 22.8 Å². The lowest BCUT2D eigenvalue weighted by molar-refractivity contribution is -0.192. The second-order valence-electron chi connectivity index (χ2n) is 8.62. The molecule has 2 saturated heterocycles. The summed E-state index contributed by atoms with van der Waals surface area (Å²) in [4.78, 5) is 50.4. The minimum absolute atomic E-state index is 0.0534. The zero-order valence-electron chi connectivity index (χ0n) is 19.2. The van der Waals surface area contributed by atoms with Gasteiger partial charge in [-0.1, -0.05) is 6.07 Å². The molecule has 2 amide bonds. The number of carboxylic acids is 1. The SMILES string of the molecule is CN(C)C(=O)[C@]12CCCN(C(=O)c3cccs3)C[C@H]1CN(c1ncccn1)C2.O=C(O)C(F)(F)F. The lowest BCUT2D eigenvalue weighted by atomic mass is 9.74. The summed E-state index contributed by atoms with van der Waals surface area (Å²) >= 11 is 1.47. The molecule has 4 rings (SSSR count). The fraction of sp³-hybridized carbons (Fsp3) is 0.500. The van der Waals surface area contributed by atoms with E-state index < -0.39 is 17.6 Å². The molecule has 13 heteroatoms. The molecule has 0 aromatic carbocycles. The van der Waals surface area contributed by atoms with Gasteiger partial charge in [-0.05, 0) is 30.4 Å². The van der Waals surface area contributed by atoms with Crippen LogP contribution in [0.1, 0.15) is 22.5 Å². The van der Waals surface area contributed by atoms with Crippen LogP contribution in [0, 0.1) is 11.3 Å². The van der Waals surface area contributed by atoms with Gasteiger partial charge in [0, 0.05) is 58.6 Å². The Bertz CT molecular complexity index is 1040. The summed E-state index contributed by atoms with van der Waals surface area (Å²) in [5.74, 6) is -1.85. The summed E-state index contributed by atoms with van der Waals surface area (Å²) in [5, 5.41) is 9.05. The van der Waals surface area contributed by atoms with E-state index in [1.54, 1.807) is 23.4 Å². The maximum absolute atomic E-state index is 13.3. The molecular formula is C22H26F3N5O4S. The summed E-state index contributed by atoms with van der Waals surface area (Å²) in [6, 6.07) is 5.56. The van der Waals surface area contributed by atoms with Crippen molar-refractivity contribution in [3.05, 3.63) is 40.8 Å². The van der Waals surface area contributed by atoms with E-state index >= 15 is 0 Å². The first-order chi connectivity index (χ1) is 16.5. The van der Waals surface area contributed by atoms with Crippen LogP contribution in [0.4, 0.5) is 19.1 Å². The van der Waals surface area contributed by atoms with E-state index in [1.165, 1.54) is 11.3 Å². The van der Waals surface area contributed by atoms with Crippen LogP contribution in [0.5, 0.6) is 0 Å². The third kappa shape index (κ3) is 5.89. The van der Waals surface area contributed by atoms with E-state index in [1.807, 2.05) is 36.5 Å². The van der Waals surface area contributed by atoms with Gasteiger partial charge in [-0.15, -0.1) is 11.3 Å². The monoisotopic (exact) mass is 513 g/mol. The maximum Gasteiger partial charge on any atom is 0.490 e. The van der Waals surface area contributed by atoms with E-state index in [4.69, 9.17) is 9.90 Å². The number of fused-ring (bicyclic) bond motifs is 1. The topological polar surface area (TPSA) is 107 Å². The second kappa shape index (κ2) is 10.6. The number of likely N-dealkylation sites (tertiary alicyclic amines) is 1. The molecule has 2 aliphatic heterocycles. The number of halogens is 3. The highest BCUT2D eigenvalue weighted by Gasteiger charge is 2.54. The van der Waals surface area contributed by atoms with Crippen molar-refractivity contribution in [3.8, 4) is 0 Å². The summed E-state index contributed by atoms with van der Waals surface area (Å²) in [6.45, 7) is 2.55. The Morgan fingerprint density at radius 2 is 1.83 bits per heavy atom. The van der Waals surface area contributed by atoms with Gasteiger partial charge in [0.25, 0.3) is 5.91 Å². The first kappa shape index (κ1) is 26.4. The van der Waals surface area contributed by atoms with Gasteiger partial charge in [0.05, 0.1) is 10.3 Å². The minimum Gasteiger partial charge on any atom is -0.475 e. The second-order valence-corrected chi connectivity index (χ2v) is 9.56. The molecule has 2 aromatic heterocycles. The lowest BCUT2D eigenvalue weighted by Gasteiger charge is -2.34. The minimum atomic E-state index is -5.08. The van der Waals surface area contributed by atoms with E-state index in [0.717, 1.165) is 17.7 Å². The predicted molar refractivity (Wildman–Crippen MR) is 122 cm³/mol. The van der Waals surface area contributed by atoms with Gasteiger partial charge in [-0.25, -0.2) is 14.8 Å². The fourth-order valence-corrected chi connectivity index (χ4v) is 5.27. The van der Waals surface area contributed by atoms with Gasteiger partial charge in [0.15, 0.2) is 0 Å². The molecule has 2 atom stereocenters. The third-order valence-corrected chi connectivity index (χ3v) is 6.97. The normalized spacial score (nSPS) is 21.9. The van der Waals surface area contributed by atoms with Gasteiger partial charge < -0.3 is 19.8 Å². The van der Waals surface area contributed by atoms with Gasteiger partial charge >= 0.3 is 12.1 Å². The number of aliphatic carboxylic acids is 1. The van der Waals surface area contributed by atoms with Crippen molar-refractivity contribution in [1.82, 2.24) is 19.8 Å². The molecule has 0 saturated carbocycles. The first-order valence-electron chi connectivity index (χ1n) is 10.8. The number of carbonyl (C=O) groups is 3. The van der Waals surface area contributed by atoms with Crippen molar-refractivity contribution in [1.29, 1.82) is 0 Å². The van der Waals surface area contributed by atoms with Crippen molar-refractivity contribution in [2.24, 2.45) is 11.3 Å². The van der Waals surface area contributed by atoms with Crippen molar-refractivity contribution >= 4 is 35.1 Å². The van der Waals surface area contributed by atoms with Crippen LogP contribution in [-0.4, -0.2) is 89.1 Å². The number of nitrogens with zero attached hydrogens (tertiary/aromatic N) is 5. The van der Waals surface area contributed by atoms with Gasteiger partial charge in [0.2, 0.25) is 11.9 Å². The molecule has 1 N–H and O–H groups in total. The Labute approximate surface area is 204 Å². The molecule has 0 aliphatic carbocycles. The quantitative estimate of drug-likeness (QED) is 0.673. The molecule has 9 nitrogen and oxygen atoms in total. The lowest BCUT2D eigenvalue weighted by Crippen LogP contribution is -2.47. The molecule has 0 bridgehead atoms. The fourth-order valence-electron chi connectivity index (χ4n) is 4.58. The molecule has 35 heavy (non-hydrogen) atoms. The number of aromatic nitrogens is 2. The number of amides is 2. The highest BCUT2D eigenvalue weighted by Crippen LogP contribution is 2.44. The summed E-state index contributed by atoms with van der Waals surface area (Å²) in [5.41, 5.74) is -0.507. The number of thiophene rings is 1. The third-order valence-electron chi connectivity index (χ3n) is 6.12. The van der Waals surface area contributed by atoms with Gasteiger partial charge in [-0.2, -0.15) is 13.2 Å². The Balaban J connectivity index is 0.000000429. The largest absolute Gasteiger partial charge is 0.490 e. The summed E-state index contributed by atoms with van der Waals surface area (Å²) < 4.78 is 31.7. The van der Waals surface area contributed by atoms with E-state index in [2.05, 4.69) is 14.9 Å². The van der Waals surface area contributed by atoms with Gasteiger partial charge in [-0.3, -0.25) is 9.59 Å². The smallest absolute Gasteiger partial charge is 0.475 e. The maximum atomic E-state index is 13.3. The standard InChI is InChI=1S/C20H25N5O2S.C2HF3O2/c1-23(2)18(27)20-7-4-10-24(17(26)16-6-3-11-28-16)12-15(20)13-25(14-20)19-21-8-5-9-22-19;3-2(4,5)1(6)7/h3,5-6,8-9,11,15H,4,7,10,12-14H2,1-2H3;(H,6,7)/t15-,20-;/m0./s1. The molecule has 0 unspecified atom stereocenters.